The SMILES string of the molecule is CCCC1CCC(C(N)Cc2ccsc2)CC1. The summed E-state index contributed by atoms with van der Waals surface area (Å²) in [6.45, 7) is 2.30. The van der Waals surface area contributed by atoms with Crippen LogP contribution in [0.5, 0.6) is 0 Å². The standard InChI is InChI=1S/C15H25NS/c1-2-3-12-4-6-14(7-5-12)15(16)10-13-8-9-17-11-13/h8-9,11-12,14-15H,2-7,10,16H2,1H3. The molecule has 0 bridgehead atoms. The van der Waals surface area contributed by atoms with E-state index in [2.05, 4.69) is 23.8 Å². The molecule has 0 saturated heterocycles. The second-order valence-corrected chi connectivity index (χ2v) is 6.35. The van der Waals surface area contributed by atoms with E-state index in [4.69, 9.17) is 5.73 Å². The zero-order chi connectivity index (χ0) is 12.1. The predicted octanol–water partition coefficient (Wildman–Crippen LogP) is 4.22. The van der Waals surface area contributed by atoms with Crippen molar-refractivity contribution >= 4 is 11.3 Å². The monoisotopic (exact) mass is 251 g/mol. The van der Waals surface area contributed by atoms with Gasteiger partial charge in [-0.2, -0.15) is 11.3 Å². The lowest BCUT2D eigenvalue weighted by Gasteiger charge is -2.32. The first-order valence-electron chi connectivity index (χ1n) is 7.06. The molecule has 1 atom stereocenters. The number of nitrogens with two attached hydrogens (primary N) is 1. The summed E-state index contributed by atoms with van der Waals surface area (Å²) in [5, 5.41) is 4.39. The van der Waals surface area contributed by atoms with Gasteiger partial charge in [0.15, 0.2) is 0 Å². The minimum atomic E-state index is 0.382. The van der Waals surface area contributed by atoms with Gasteiger partial charge < -0.3 is 5.73 Å². The second kappa shape index (κ2) is 6.55. The van der Waals surface area contributed by atoms with Crippen LogP contribution in [0.25, 0.3) is 0 Å². The van der Waals surface area contributed by atoms with Crippen LogP contribution in [0.15, 0.2) is 16.8 Å². The molecule has 2 heteroatoms. The van der Waals surface area contributed by atoms with Crippen LogP contribution in [0.3, 0.4) is 0 Å². The topological polar surface area (TPSA) is 26.0 Å². The summed E-state index contributed by atoms with van der Waals surface area (Å²) in [5.74, 6) is 1.76. The Morgan fingerprint density at radius 2 is 2.12 bits per heavy atom. The van der Waals surface area contributed by atoms with Crippen molar-refractivity contribution in [3.8, 4) is 0 Å². The summed E-state index contributed by atoms with van der Waals surface area (Å²) in [6, 6.07) is 2.60. The van der Waals surface area contributed by atoms with Crippen LogP contribution in [-0.4, -0.2) is 6.04 Å². The lowest BCUT2D eigenvalue weighted by Crippen LogP contribution is -2.34. The highest BCUT2D eigenvalue weighted by Crippen LogP contribution is 2.33. The van der Waals surface area contributed by atoms with Gasteiger partial charge in [0.2, 0.25) is 0 Å². The first-order chi connectivity index (χ1) is 8.29. The van der Waals surface area contributed by atoms with Gasteiger partial charge in [0.05, 0.1) is 0 Å². The van der Waals surface area contributed by atoms with Gasteiger partial charge in [-0.05, 0) is 53.5 Å². The summed E-state index contributed by atoms with van der Waals surface area (Å²) < 4.78 is 0. The van der Waals surface area contributed by atoms with E-state index in [0.29, 0.717) is 6.04 Å². The van der Waals surface area contributed by atoms with E-state index in [1.165, 1.54) is 44.1 Å². The quantitative estimate of drug-likeness (QED) is 0.833. The molecule has 17 heavy (non-hydrogen) atoms. The van der Waals surface area contributed by atoms with Crippen LogP contribution in [0.1, 0.15) is 51.0 Å². The Morgan fingerprint density at radius 1 is 1.35 bits per heavy atom. The molecule has 0 aliphatic heterocycles. The smallest absolute Gasteiger partial charge is 0.0108 e. The highest BCUT2D eigenvalue weighted by molar-refractivity contribution is 7.07. The van der Waals surface area contributed by atoms with Crippen LogP contribution < -0.4 is 5.73 Å². The molecule has 96 valence electrons. The Kier molecular flexibility index (Phi) is 5.05. The summed E-state index contributed by atoms with van der Waals surface area (Å²) in [7, 11) is 0. The van der Waals surface area contributed by atoms with Crippen LogP contribution in [0, 0.1) is 11.8 Å². The van der Waals surface area contributed by atoms with Gasteiger partial charge in [-0.3, -0.25) is 0 Å². The molecule has 2 N–H and O–H groups in total. The van der Waals surface area contributed by atoms with E-state index in [1.54, 1.807) is 11.3 Å². The molecule has 1 fully saturated rings. The molecule has 1 aliphatic carbocycles. The van der Waals surface area contributed by atoms with E-state index in [9.17, 15) is 0 Å². The van der Waals surface area contributed by atoms with Gasteiger partial charge in [-0.25, -0.2) is 0 Å². The maximum absolute atomic E-state index is 6.36. The second-order valence-electron chi connectivity index (χ2n) is 5.57. The van der Waals surface area contributed by atoms with E-state index in [1.807, 2.05) is 0 Å². The molecule has 0 amide bonds. The van der Waals surface area contributed by atoms with Crippen molar-refractivity contribution in [3.05, 3.63) is 22.4 Å². The molecule has 0 spiro atoms. The van der Waals surface area contributed by atoms with Crippen molar-refractivity contribution in [1.29, 1.82) is 0 Å². The van der Waals surface area contributed by atoms with Gasteiger partial charge in [0, 0.05) is 6.04 Å². The average molecular weight is 251 g/mol. The van der Waals surface area contributed by atoms with E-state index in [-0.39, 0.29) is 0 Å². The first kappa shape index (κ1) is 13.1. The molecular formula is C15H25NS. The summed E-state index contributed by atoms with van der Waals surface area (Å²) in [5.41, 5.74) is 7.79. The third-order valence-electron chi connectivity index (χ3n) is 4.25. The van der Waals surface area contributed by atoms with Crippen LogP contribution in [0.2, 0.25) is 0 Å². The lowest BCUT2D eigenvalue weighted by atomic mass is 9.76. The normalized spacial score (nSPS) is 26.9. The molecule has 0 radical (unpaired) electrons. The van der Waals surface area contributed by atoms with Crippen molar-refractivity contribution in [2.45, 2.75) is 57.9 Å². The Labute approximate surface area is 109 Å². The zero-order valence-electron chi connectivity index (χ0n) is 10.9. The fourth-order valence-corrected chi connectivity index (χ4v) is 3.84. The van der Waals surface area contributed by atoms with Crippen molar-refractivity contribution in [2.75, 3.05) is 0 Å². The molecular weight excluding hydrogens is 226 g/mol. The molecule has 1 heterocycles. The summed E-state index contributed by atoms with van der Waals surface area (Å²) in [6.07, 6.45) is 9.38. The van der Waals surface area contributed by atoms with Crippen molar-refractivity contribution in [2.24, 2.45) is 17.6 Å². The maximum Gasteiger partial charge on any atom is 0.0108 e. The Balaban J connectivity index is 1.76. The first-order valence-corrected chi connectivity index (χ1v) is 8.00. The fourth-order valence-electron chi connectivity index (χ4n) is 3.16. The molecule has 2 rings (SSSR count). The van der Waals surface area contributed by atoms with Gasteiger partial charge in [0.25, 0.3) is 0 Å². The van der Waals surface area contributed by atoms with Crippen molar-refractivity contribution in [1.82, 2.24) is 0 Å². The number of hydrogen-bond acceptors (Lipinski definition) is 2. The molecule has 1 aliphatic rings. The van der Waals surface area contributed by atoms with Gasteiger partial charge in [-0.15, -0.1) is 0 Å². The van der Waals surface area contributed by atoms with Crippen LogP contribution in [0.4, 0.5) is 0 Å². The molecule has 1 unspecified atom stereocenters. The van der Waals surface area contributed by atoms with Crippen molar-refractivity contribution < 1.29 is 0 Å². The van der Waals surface area contributed by atoms with Gasteiger partial charge >= 0.3 is 0 Å². The third-order valence-corrected chi connectivity index (χ3v) is 4.98. The highest BCUT2D eigenvalue weighted by Gasteiger charge is 2.25. The van der Waals surface area contributed by atoms with E-state index < -0.39 is 0 Å². The molecule has 1 nitrogen and oxygen atoms in total. The number of rotatable bonds is 5. The fraction of sp³-hybridized carbons (Fsp3) is 0.733. The molecule has 1 saturated carbocycles. The molecule has 1 aromatic heterocycles. The lowest BCUT2D eigenvalue weighted by molar-refractivity contribution is 0.232. The molecule has 0 aromatic carbocycles. The summed E-state index contributed by atoms with van der Waals surface area (Å²) in [4.78, 5) is 0. The van der Waals surface area contributed by atoms with Gasteiger partial charge in [0.1, 0.15) is 0 Å². The number of hydrogen-bond donors (Lipinski definition) is 1. The third kappa shape index (κ3) is 3.82. The minimum Gasteiger partial charge on any atom is -0.327 e. The Hall–Kier alpha value is -0.340. The highest BCUT2D eigenvalue weighted by atomic mass is 32.1. The zero-order valence-corrected chi connectivity index (χ0v) is 11.7. The summed E-state index contributed by atoms with van der Waals surface area (Å²) >= 11 is 1.78. The maximum atomic E-state index is 6.36. The average Bonchev–Trinajstić information content (AvgIpc) is 2.83. The largest absolute Gasteiger partial charge is 0.327 e. The van der Waals surface area contributed by atoms with Crippen LogP contribution in [-0.2, 0) is 6.42 Å². The minimum absolute atomic E-state index is 0.382. The van der Waals surface area contributed by atoms with E-state index >= 15 is 0 Å². The van der Waals surface area contributed by atoms with Crippen molar-refractivity contribution in [3.63, 3.8) is 0 Å². The number of thiophene rings is 1. The Morgan fingerprint density at radius 3 is 2.71 bits per heavy atom. The van der Waals surface area contributed by atoms with Gasteiger partial charge in [-0.1, -0.05) is 32.6 Å². The van der Waals surface area contributed by atoms with E-state index in [0.717, 1.165) is 18.3 Å². The van der Waals surface area contributed by atoms with Crippen LogP contribution >= 0.6 is 11.3 Å². The predicted molar refractivity (Wildman–Crippen MR) is 76.4 cm³/mol. The Bertz CT molecular complexity index is 299. The molecule has 1 aromatic rings.